The molecule has 1 atom stereocenters. The van der Waals surface area contributed by atoms with E-state index < -0.39 is 16.1 Å². The normalized spacial score (nSPS) is 12.3. The number of nitrogens with zero attached hydrogens (tertiary/aromatic N) is 2. The molecule has 0 aliphatic heterocycles. The number of ether oxygens (including phenoxy) is 1. The van der Waals surface area contributed by atoms with Gasteiger partial charge >= 0.3 is 0 Å². The highest BCUT2D eigenvalue weighted by molar-refractivity contribution is 7.92. The van der Waals surface area contributed by atoms with Crippen LogP contribution >= 0.6 is 0 Å². The van der Waals surface area contributed by atoms with Crippen molar-refractivity contribution in [2.24, 2.45) is 0 Å². The van der Waals surface area contributed by atoms with Crippen molar-refractivity contribution in [3.8, 4) is 5.75 Å². The zero-order valence-electron chi connectivity index (χ0n) is 15.4. The molecule has 0 bridgehead atoms. The van der Waals surface area contributed by atoms with Crippen LogP contribution in [-0.2, 0) is 14.8 Å². The zero-order chi connectivity index (χ0) is 19.3. The molecule has 0 aliphatic rings. The summed E-state index contributed by atoms with van der Waals surface area (Å²) in [5.41, 5.74) is 1.11. The second-order valence-electron chi connectivity index (χ2n) is 5.89. The lowest BCUT2D eigenvalue weighted by Crippen LogP contribution is -2.48. The highest BCUT2D eigenvalue weighted by Crippen LogP contribution is 2.25. The maximum Gasteiger partial charge on any atom is 0.250 e. The first-order valence-electron chi connectivity index (χ1n) is 8.30. The van der Waals surface area contributed by atoms with Crippen LogP contribution in [0.4, 0.5) is 11.4 Å². The van der Waals surface area contributed by atoms with E-state index in [9.17, 15) is 13.2 Å². The molecule has 2 rings (SSSR count). The average molecular weight is 376 g/mol. The van der Waals surface area contributed by atoms with E-state index in [0.717, 1.165) is 10.6 Å². The summed E-state index contributed by atoms with van der Waals surface area (Å²) in [6.07, 6.45) is 1.09. The van der Waals surface area contributed by atoms with Gasteiger partial charge in [-0.3, -0.25) is 9.10 Å². The molecule has 2 aromatic carbocycles. The molecule has 0 saturated heterocycles. The molecule has 6 nitrogen and oxygen atoms in total. The lowest BCUT2D eigenvalue weighted by molar-refractivity contribution is -0.119. The van der Waals surface area contributed by atoms with Crippen molar-refractivity contribution < 1.29 is 17.9 Å². The number of para-hydroxylation sites is 1. The van der Waals surface area contributed by atoms with Crippen LogP contribution in [0.15, 0.2) is 54.6 Å². The number of rotatable bonds is 7. The molecule has 7 heteroatoms. The van der Waals surface area contributed by atoms with Gasteiger partial charge in [-0.05, 0) is 50.2 Å². The van der Waals surface area contributed by atoms with Gasteiger partial charge in [0.2, 0.25) is 15.9 Å². The molecule has 0 aromatic heterocycles. The molecule has 140 valence electrons. The van der Waals surface area contributed by atoms with Crippen molar-refractivity contribution in [2.75, 3.05) is 29.1 Å². The number of amides is 1. The number of sulfonamides is 1. The van der Waals surface area contributed by atoms with E-state index in [1.165, 1.54) is 4.90 Å². The van der Waals surface area contributed by atoms with Crippen molar-refractivity contribution in [1.82, 2.24) is 0 Å². The number of anilines is 2. The van der Waals surface area contributed by atoms with Crippen LogP contribution in [0.25, 0.3) is 0 Å². The first kappa shape index (κ1) is 19.8. The topological polar surface area (TPSA) is 66.9 Å². The maximum atomic E-state index is 12.9. The third-order valence-electron chi connectivity index (χ3n) is 3.94. The quantitative estimate of drug-likeness (QED) is 0.745. The first-order valence-corrected chi connectivity index (χ1v) is 10.2. The van der Waals surface area contributed by atoms with Crippen LogP contribution in [0.5, 0.6) is 5.75 Å². The Balaban J connectivity index is 2.33. The lowest BCUT2D eigenvalue weighted by Gasteiger charge is -2.31. The molecule has 1 amide bonds. The summed E-state index contributed by atoms with van der Waals surface area (Å²) in [5.74, 6) is 0.320. The number of benzene rings is 2. The molecule has 2 aromatic rings. The summed E-state index contributed by atoms with van der Waals surface area (Å²) >= 11 is 0. The molecule has 0 fully saturated rings. The van der Waals surface area contributed by atoms with Gasteiger partial charge < -0.3 is 9.64 Å². The fourth-order valence-corrected chi connectivity index (χ4v) is 3.89. The third-order valence-corrected chi connectivity index (χ3v) is 5.18. The van der Waals surface area contributed by atoms with E-state index in [1.54, 1.807) is 50.4 Å². The molecule has 26 heavy (non-hydrogen) atoms. The third kappa shape index (κ3) is 4.54. The molecule has 0 saturated carbocycles. The highest BCUT2D eigenvalue weighted by Gasteiger charge is 2.31. The standard InChI is InChI=1S/C19H24N2O4S/c1-5-25-18-13-11-17(12-14-18)21(26(4,23)24)15(2)19(22)20(3)16-9-7-6-8-10-16/h6-15H,5H2,1-4H3. The number of likely N-dealkylation sites (N-methyl/N-ethyl adjacent to an activating group) is 1. The number of carbonyl (C=O) groups excluding carboxylic acids is 1. The van der Waals surface area contributed by atoms with Gasteiger partial charge in [0.25, 0.3) is 0 Å². The Morgan fingerprint density at radius 2 is 1.62 bits per heavy atom. The van der Waals surface area contributed by atoms with Gasteiger partial charge in [-0.15, -0.1) is 0 Å². The summed E-state index contributed by atoms with van der Waals surface area (Å²) < 4.78 is 31.3. The van der Waals surface area contributed by atoms with Crippen LogP contribution in [0, 0.1) is 0 Å². The van der Waals surface area contributed by atoms with Crippen molar-refractivity contribution in [2.45, 2.75) is 19.9 Å². The summed E-state index contributed by atoms with van der Waals surface area (Å²) in [5, 5.41) is 0. The highest BCUT2D eigenvalue weighted by atomic mass is 32.2. The largest absolute Gasteiger partial charge is 0.494 e. The number of hydrogen-bond donors (Lipinski definition) is 0. The van der Waals surface area contributed by atoms with Crippen LogP contribution in [0.2, 0.25) is 0 Å². The van der Waals surface area contributed by atoms with E-state index in [0.29, 0.717) is 23.7 Å². The van der Waals surface area contributed by atoms with Crippen LogP contribution in [0.3, 0.4) is 0 Å². The van der Waals surface area contributed by atoms with Crippen molar-refractivity contribution in [1.29, 1.82) is 0 Å². The maximum absolute atomic E-state index is 12.9. The molecular formula is C19H24N2O4S. The number of carbonyl (C=O) groups is 1. The van der Waals surface area contributed by atoms with Crippen molar-refractivity contribution >= 4 is 27.3 Å². The minimum absolute atomic E-state index is 0.324. The second-order valence-corrected chi connectivity index (χ2v) is 7.75. The smallest absolute Gasteiger partial charge is 0.250 e. The summed E-state index contributed by atoms with van der Waals surface area (Å²) in [6.45, 7) is 3.97. The predicted molar refractivity (Wildman–Crippen MR) is 104 cm³/mol. The Kier molecular flexibility index (Phi) is 6.26. The van der Waals surface area contributed by atoms with Crippen molar-refractivity contribution in [3.63, 3.8) is 0 Å². The summed E-state index contributed by atoms with van der Waals surface area (Å²) in [7, 11) is -2.03. The van der Waals surface area contributed by atoms with Gasteiger partial charge in [-0.2, -0.15) is 0 Å². The first-order chi connectivity index (χ1) is 12.3. The molecule has 0 N–H and O–H groups in total. The molecule has 1 unspecified atom stereocenters. The minimum atomic E-state index is -3.66. The summed E-state index contributed by atoms with van der Waals surface area (Å²) in [6, 6.07) is 14.9. The van der Waals surface area contributed by atoms with Gasteiger partial charge in [-0.1, -0.05) is 18.2 Å². The summed E-state index contributed by atoms with van der Waals surface area (Å²) in [4.78, 5) is 14.3. The molecule has 0 spiro atoms. The van der Waals surface area contributed by atoms with Gasteiger partial charge in [0, 0.05) is 12.7 Å². The van der Waals surface area contributed by atoms with Crippen LogP contribution < -0.4 is 13.9 Å². The fraction of sp³-hybridized carbons (Fsp3) is 0.316. The molecular weight excluding hydrogens is 352 g/mol. The Morgan fingerprint density at radius 3 is 2.12 bits per heavy atom. The Hall–Kier alpha value is -2.54. The zero-order valence-corrected chi connectivity index (χ0v) is 16.2. The lowest BCUT2D eigenvalue weighted by atomic mass is 10.2. The Bertz CT molecular complexity index is 836. The van der Waals surface area contributed by atoms with E-state index in [2.05, 4.69) is 0 Å². The molecule has 0 radical (unpaired) electrons. The van der Waals surface area contributed by atoms with Crippen LogP contribution in [-0.4, -0.2) is 40.3 Å². The van der Waals surface area contributed by atoms with Crippen molar-refractivity contribution in [3.05, 3.63) is 54.6 Å². The predicted octanol–water partition coefficient (Wildman–Crippen LogP) is 2.90. The Morgan fingerprint density at radius 1 is 1.04 bits per heavy atom. The molecule has 0 heterocycles. The average Bonchev–Trinajstić information content (AvgIpc) is 2.62. The monoisotopic (exact) mass is 376 g/mol. The fourth-order valence-electron chi connectivity index (χ4n) is 2.72. The minimum Gasteiger partial charge on any atom is -0.494 e. The van der Waals surface area contributed by atoms with Gasteiger partial charge in [-0.25, -0.2) is 8.42 Å². The van der Waals surface area contributed by atoms with E-state index in [1.807, 2.05) is 25.1 Å². The van der Waals surface area contributed by atoms with E-state index in [4.69, 9.17) is 4.74 Å². The van der Waals surface area contributed by atoms with Gasteiger partial charge in [0.15, 0.2) is 0 Å². The second kappa shape index (κ2) is 8.23. The number of hydrogen-bond acceptors (Lipinski definition) is 4. The Labute approximate surface area is 155 Å². The van der Waals surface area contributed by atoms with Gasteiger partial charge in [0.05, 0.1) is 18.6 Å². The van der Waals surface area contributed by atoms with Gasteiger partial charge in [0.1, 0.15) is 11.8 Å². The van der Waals surface area contributed by atoms with Crippen LogP contribution in [0.1, 0.15) is 13.8 Å². The molecule has 0 aliphatic carbocycles. The van der Waals surface area contributed by atoms with E-state index >= 15 is 0 Å². The SMILES string of the molecule is CCOc1ccc(N(C(C)C(=O)N(C)c2ccccc2)S(C)(=O)=O)cc1. The van der Waals surface area contributed by atoms with E-state index in [-0.39, 0.29) is 5.91 Å².